The summed E-state index contributed by atoms with van der Waals surface area (Å²) in [5.41, 5.74) is 0.694. The number of aliphatic hydroxyl groups is 1. The molecule has 1 fully saturated rings. The van der Waals surface area contributed by atoms with Crippen molar-refractivity contribution in [3.05, 3.63) is 24.3 Å². The Kier molecular flexibility index (Phi) is 6.28. The molecule has 0 spiro atoms. The van der Waals surface area contributed by atoms with Crippen LogP contribution in [-0.4, -0.2) is 42.3 Å². The number of amides is 2. The van der Waals surface area contributed by atoms with Crippen LogP contribution in [0.2, 0.25) is 0 Å². The van der Waals surface area contributed by atoms with Crippen LogP contribution in [0.3, 0.4) is 0 Å². The number of aliphatic hydroxyl groups excluding tert-OH is 1. The Labute approximate surface area is 138 Å². The molecular weight excluding hydrogens is 292 g/mol. The highest BCUT2D eigenvalue weighted by Gasteiger charge is 2.34. The molecule has 0 aliphatic carbocycles. The second-order valence-corrected chi connectivity index (χ2v) is 6.27. The van der Waals surface area contributed by atoms with Crippen LogP contribution in [0, 0.1) is 5.41 Å². The second kappa shape index (κ2) is 8.20. The van der Waals surface area contributed by atoms with Crippen LogP contribution >= 0.6 is 0 Å². The molecule has 2 N–H and O–H groups in total. The van der Waals surface area contributed by atoms with Gasteiger partial charge < -0.3 is 20.1 Å². The molecule has 1 aromatic carbocycles. The number of piperidine rings is 1. The van der Waals surface area contributed by atoms with Crippen molar-refractivity contribution in [2.24, 2.45) is 5.41 Å². The Morgan fingerprint density at radius 3 is 2.61 bits per heavy atom. The monoisotopic (exact) mass is 320 g/mol. The van der Waals surface area contributed by atoms with Crippen LogP contribution in [0.15, 0.2) is 24.3 Å². The van der Waals surface area contributed by atoms with E-state index in [0.29, 0.717) is 31.1 Å². The third-order valence-electron chi connectivity index (χ3n) is 4.79. The van der Waals surface area contributed by atoms with Gasteiger partial charge in [0.15, 0.2) is 0 Å². The highest BCUT2D eigenvalue weighted by atomic mass is 16.5. The molecule has 0 saturated carbocycles. The average Bonchev–Trinajstić information content (AvgIpc) is 2.61. The van der Waals surface area contributed by atoms with Gasteiger partial charge in [0.05, 0.1) is 12.3 Å². The maximum absolute atomic E-state index is 12.5. The van der Waals surface area contributed by atoms with Gasteiger partial charge in [0.2, 0.25) is 0 Å². The van der Waals surface area contributed by atoms with Gasteiger partial charge in [0.1, 0.15) is 5.75 Å². The number of carbonyl (C=O) groups is 1. The van der Waals surface area contributed by atoms with Crippen molar-refractivity contribution in [3.63, 3.8) is 0 Å². The van der Waals surface area contributed by atoms with Crippen molar-refractivity contribution < 1.29 is 14.6 Å². The zero-order chi connectivity index (χ0) is 16.7. The SMILES string of the molecule is CCCOc1ccccc1NC(=O)N1CCC(CC)(CO)CC1. The summed E-state index contributed by atoms with van der Waals surface area (Å²) in [6.45, 7) is 6.35. The number of likely N-dealkylation sites (tertiary alicyclic amines) is 1. The number of nitrogens with zero attached hydrogens (tertiary/aromatic N) is 1. The molecule has 1 aliphatic heterocycles. The number of anilines is 1. The van der Waals surface area contributed by atoms with Gasteiger partial charge in [-0.3, -0.25) is 0 Å². The zero-order valence-corrected chi connectivity index (χ0v) is 14.2. The summed E-state index contributed by atoms with van der Waals surface area (Å²) in [5, 5.41) is 12.5. The van der Waals surface area contributed by atoms with Crippen molar-refractivity contribution in [2.45, 2.75) is 39.5 Å². The molecule has 0 atom stereocenters. The van der Waals surface area contributed by atoms with E-state index in [1.165, 1.54) is 0 Å². The molecule has 1 aliphatic rings. The topological polar surface area (TPSA) is 61.8 Å². The summed E-state index contributed by atoms with van der Waals surface area (Å²) in [5.74, 6) is 0.706. The molecule has 1 heterocycles. The van der Waals surface area contributed by atoms with Crippen LogP contribution in [0.5, 0.6) is 5.75 Å². The Morgan fingerprint density at radius 1 is 1.30 bits per heavy atom. The summed E-state index contributed by atoms with van der Waals surface area (Å²) in [4.78, 5) is 14.3. The van der Waals surface area contributed by atoms with Crippen molar-refractivity contribution in [3.8, 4) is 5.75 Å². The molecule has 0 aromatic heterocycles. The molecule has 0 bridgehead atoms. The van der Waals surface area contributed by atoms with Gasteiger partial charge >= 0.3 is 6.03 Å². The molecule has 128 valence electrons. The van der Waals surface area contributed by atoms with Crippen molar-refractivity contribution in [2.75, 3.05) is 31.6 Å². The van der Waals surface area contributed by atoms with Crippen LogP contribution in [-0.2, 0) is 0 Å². The molecule has 0 radical (unpaired) electrons. The van der Waals surface area contributed by atoms with Gasteiger partial charge in [0, 0.05) is 19.7 Å². The molecule has 5 nitrogen and oxygen atoms in total. The first-order chi connectivity index (χ1) is 11.1. The smallest absolute Gasteiger partial charge is 0.321 e. The molecule has 23 heavy (non-hydrogen) atoms. The number of hydrogen-bond acceptors (Lipinski definition) is 3. The number of benzene rings is 1. The minimum Gasteiger partial charge on any atom is -0.491 e. The lowest BCUT2D eigenvalue weighted by Gasteiger charge is -2.40. The number of rotatable bonds is 6. The summed E-state index contributed by atoms with van der Waals surface area (Å²) in [6.07, 6.45) is 3.57. The molecule has 0 unspecified atom stereocenters. The number of nitrogens with one attached hydrogen (secondary N) is 1. The highest BCUT2D eigenvalue weighted by Crippen LogP contribution is 2.34. The van der Waals surface area contributed by atoms with Crippen molar-refractivity contribution in [1.82, 2.24) is 4.90 Å². The van der Waals surface area contributed by atoms with E-state index in [1.54, 1.807) is 0 Å². The number of urea groups is 1. The Hall–Kier alpha value is -1.75. The van der Waals surface area contributed by atoms with Crippen LogP contribution < -0.4 is 10.1 Å². The van der Waals surface area contributed by atoms with Gasteiger partial charge in [-0.05, 0) is 43.2 Å². The molecule has 2 amide bonds. The zero-order valence-electron chi connectivity index (χ0n) is 14.2. The lowest BCUT2D eigenvalue weighted by molar-refractivity contribution is 0.0542. The number of ether oxygens (including phenoxy) is 1. The third kappa shape index (κ3) is 4.38. The minimum atomic E-state index is -0.0970. The normalized spacial score (nSPS) is 16.9. The van der Waals surface area contributed by atoms with E-state index in [0.717, 1.165) is 25.7 Å². The Balaban J connectivity index is 1.95. The lowest BCUT2D eigenvalue weighted by Crippen LogP contribution is -2.46. The summed E-state index contributed by atoms with van der Waals surface area (Å²) >= 11 is 0. The molecule has 1 saturated heterocycles. The maximum Gasteiger partial charge on any atom is 0.321 e. The highest BCUT2D eigenvalue weighted by molar-refractivity contribution is 5.91. The minimum absolute atomic E-state index is 0.0150. The first kappa shape index (κ1) is 17.6. The number of para-hydroxylation sites is 2. The van der Waals surface area contributed by atoms with Gasteiger partial charge in [-0.1, -0.05) is 26.0 Å². The molecule has 2 rings (SSSR count). The van der Waals surface area contributed by atoms with Gasteiger partial charge in [-0.2, -0.15) is 0 Å². The lowest BCUT2D eigenvalue weighted by atomic mass is 9.77. The first-order valence-corrected chi connectivity index (χ1v) is 8.52. The van der Waals surface area contributed by atoms with E-state index >= 15 is 0 Å². The molecular formula is C18H28N2O3. The van der Waals surface area contributed by atoms with Gasteiger partial charge in [-0.15, -0.1) is 0 Å². The third-order valence-corrected chi connectivity index (χ3v) is 4.79. The standard InChI is InChI=1S/C18H28N2O3/c1-3-13-23-16-8-6-5-7-15(16)19-17(22)20-11-9-18(4-2,14-21)10-12-20/h5-8,21H,3-4,9-14H2,1-2H3,(H,19,22). The number of hydrogen-bond donors (Lipinski definition) is 2. The Morgan fingerprint density at radius 2 is 2.00 bits per heavy atom. The molecule has 5 heteroatoms. The average molecular weight is 320 g/mol. The predicted molar refractivity (Wildman–Crippen MR) is 91.9 cm³/mol. The fourth-order valence-electron chi connectivity index (χ4n) is 2.91. The van der Waals surface area contributed by atoms with Crippen molar-refractivity contribution in [1.29, 1.82) is 0 Å². The summed E-state index contributed by atoms with van der Waals surface area (Å²) in [6, 6.07) is 7.42. The van der Waals surface area contributed by atoms with Crippen LogP contribution in [0.4, 0.5) is 10.5 Å². The van der Waals surface area contributed by atoms with E-state index < -0.39 is 0 Å². The summed E-state index contributed by atoms with van der Waals surface area (Å²) < 4.78 is 5.68. The van der Waals surface area contributed by atoms with E-state index in [9.17, 15) is 9.90 Å². The summed E-state index contributed by atoms with van der Waals surface area (Å²) in [7, 11) is 0. The van der Waals surface area contributed by atoms with Crippen molar-refractivity contribution >= 4 is 11.7 Å². The fourth-order valence-corrected chi connectivity index (χ4v) is 2.91. The van der Waals surface area contributed by atoms with E-state index in [-0.39, 0.29) is 18.1 Å². The predicted octanol–water partition coefficient (Wildman–Crippen LogP) is 3.49. The maximum atomic E-state index is 12.5. The van der Waals surface area contributed by atoms with E-state index in [1.807, 2.05) is 29.2 Å². The van der Waals surface area contributed by atoms with Crippen LogP contribution in [0.1, 0.15) is 39.5 Å². The first-order valence-electron chi connectivity index (χ1n) is 8.52. The van der Waals surface area contributed by atoms with E-state index in [4.69, 9.17) is 4.74 Å². The largest absolute Gasteiger partial charge is 0.491 e. The van der Waals surface area contributed by atoms with Gasteiger partial charge in [0.25, 0.3) is 0 Å². The quantitative estimate of drug-likeness (QED) is 0.843. The number of carbonyl (C=O) groups excluding carboxylic acids is 1. The van der Waals surface area contributed by atoms with Crippen LogP contribution in [0.25, 0.3) is 0 Å². The van der Waals surface area contributed by atoms with E-state index in [2.05, 4.69) is 19.2 Å². The Bertz CT molecular complexity index is 505. The fraction of sp³-hybridized carbons (Fsp3) is 0.611. The van der Waals surface area contributed by atoms with Gasteiger partial charge in [-0.25, -0.2) is 4.79 Å². The molecule has 1 aromatic rings. The second-order valence-electron chi connectivity index (χ2n) is 6.27.